The first-order valence-corrected chi connectivity index (χ1v) is 8.01. The van der Waals surface area contributed by atoms with Gasteiger partial charge >= 0.3 is 0 Å². The number of methoxy groups -OCH3 is 2. The molecule has 0 amide bonds. The van der Waals surface area contributed by atoms with Gasteiger partial charge in [0.1, 0.15) is 0 Å². The molecule has 0 heterocycles. The van der Waals surface area contributed by atoms with Crippen molar-refractivity contribution in [2.75, 3.05) is 14.2 Å². The molecule has 1 aromatic rings. The quantitative estimate of drug-likeness (QED) is 0.410. The van der Waals surface area contributed by atoms with Crippen LogP contribution in [0.1, 0.15) is 56.4 Å². The Hall–Kier alpha value is -0.600. The van der Waals surface area contributed by atoms with E-state index in [4.69, 9.17) is 32.7 Å². The first-order chi connectivity index (χ1) is 9.63. The van der Waals surface area contributed by atoms with Crippen molar-refractivity contribution >= 4 is 23.2 Å². The summed E-state index contributed by atoms with van der Waals surface area (Å²) in [5, 5.41) is 0.556. The van der Waals surface area contributed by atoms with Crippen LogP contribution in [0.3, 0.4) is 0 Å². The minimum atomic E-state index is -0.0797. The van der Waals surface area contributed by atoms with Crippen LogP contribution < -0.4 is 9.47 Å². The smallest absolute Gasteiger partial charge is 0.162 e. The summed E-state index contributed by atoms with van der Waals surface area (Å²) >= 11 is 12.7. The number of rotatable bonds is 9. The standard InChI is InChI=1S/C16H24Cl2O2/c1-4-5-6-7-8-9-13(17)12-10-15(19-2)16(20-3)11-14(12)18/h10-11,13H,4-9H2,1-3H3. The molecule has 0 spiro atoms. The Morgan fingerprint density at radius 2 is 1.60 bits per heavy atom. The van der Waals surface area contributed by atoms with Crippen molar-refractivity contribution in [2.24, 2.45) is 0 Å². The second kappa shape index (κ2) is 9.36. The van der Waals surface area contributed by atoms with Gasteiger partial charge in [-0.15, -0.1) is 11.6 Å². The second-order valence-corrected chi connectivity index (χ2v) is 5.83. The third-order valence-electron chi connectivity index (χ3n) is 3.40. The first-order valence-electron chi connectivity index (χ1n) is 7.19. The molecule has 0 bridgehead atoms. The van der Waals surface area contributed by atoms with Gasteiger partial charge in [-0.25, -0.2) is 0 Å². The van der Waals surface area contributed by atoms with Gasteiger partial charge in [-0.1, -0.05) is 50.6 Å². The largest absolute Gasteiger partial charge is 0.493 e. The Labute approximate surface area is 132 Å². The lowest BCUT2D eigenvalue weighted by Gasteiger charge is -2.15. The number of unbranched alkanes of at least 4 members (excludes halogenated alkanes) is 4. The van der Waals surface area contributed by atoms with Crippen LogP contribution in [0.5, 0.6) is 11.5 Å². The van der Waals surface area contributed by atoms with E-state index < -0.39 is 0 Å². The molecule has 0 fully saturated rings. The average Bonchev–Trinajstić information content (AvgIpc) is 2.46. The van der Waals surface area contributed by atoms with E-state index in [1.165, 1.54) is 25.7 Å². The number of hydrogen-bond donors (Lipinski definition) is 0. The third-order valence-corrected chi connectivity index (χ3v) is 4.18. The van der Waals surface area contributed by atoms with Crippen LogP contribution >= 0.6 is 23.2 Å². The van der Waals surface area contributed by atoms with Crippen LogP contribution in [-0.2, 0) is 0 Å². The van der Waals surface area contributed by atoms with Crippen molar-refractivity contribution < 1.29 is 9.47 Å². The van der Waals surface area contributed by atoms with Gasteiger partial charge in [-0.05, 0) is 18.1 Å². The summed E-state index contributed by atoms with van der Waals surface area (Å²) in [6.07, 6.45) is 7.11. The molecule has 1 aromatic carbocycles. The van der Waals surface area contributed by atoms with E-state index in [1.807, 2.05) is 6.07 Å². The Morgan fingerprint density at radius 1 is 1.00 bits per heavy atom. The molecule has 2 nitrogen and oxygen atoms in total. The van der Waals surface area contributed by atoms with Gasteiger partial charge in [-0.3, -0.25) is 0 Å². The summed E-state index contributed by atoms with van der Waals surface area (Å²) in [5.41, 5.74) is 0.918. The van der Waals surface area contributed by atoms with E-state index in [2.05, 4.69) is 6.92 Å². The molecule has 20 heavy (non-hydrogen) atoms. The van der Waals surface area contributed by atoms with Gasteiger partial charge in [0.25, 0.3) is 0 Å². The second-order valence-electron chi connectivity index (χ2n) is 4.90. The molecule has 1 atom stereocenters. The van der Waals surface area contributed by atoms with E-state index in [9.17, 15) is 0 Å². The average molecular weight is 319 g/mol. The fourth-order valence-electron chi connectivity index (χ4n) is 2.19. The lowest BCUT2D eigenvalue weighted by atomic mass is 10.0. The molecule has 1 unspecified atom stereocenters. The Bertz CT molecular complexity index is 408. The molecule has 0 saturated heterocycles. The SMILES string of the molecule is CCCCCCCC(Cl)c1cc(OC)c(OC)cc1Cl. The van der Waals surface area contributed by atoms with Crippen molar-refractivity contribution in [3.63, 3.8) is 0 Å². The lowest BCUT2D eigenvalue weighted by Crippen LogP contribution is -1.97. The van der Waals surface area contributed by atoms with Crippen LogP contribution in [-0.4, -0.2) is 14.2 Å². The molecule has 0 aliphatic rings. The van der Waals surface area contributed by atoms with Crippen molar-refractivity contribution in [1.82, 2.24) is 0 Å². The van der Waals surface area contributed by atoms with Crippen LogP contribution in [0, 0.1) is 0 Å². The molecule has 0 radical (unpaired) electrons. The summed E-state index contributed by atoms with van der Waals surface area (Å²) in [4.78, 5) is 0. The molecule has 0 aliphatic heterocycles. The molecular formula is C16H24Cl2O2. The van der Waals surface area contributed by atoms with Crippen molar-refractivity contribution in [3.8, 4) is 11.5 Å². The minimum absolute atomic E-state index is 0.0797. The van der Waals surface area contributed by atoms with Gasteiger partial charge in [-0.2, -0.15) is 0 Å². The number of ether oxygens (including phenoxy) is 2. The molecule has 4 heteroatoms. The van der Waals surface area contributed by atoms with Gasteiger partial charge in [0.2, 0.25) is 0 Å². The molecular weight excluding hydrogens is 295 g/mol. The number of alkyl halides is 1. The zero-order valence-corrected chi connectivity index (χ0v) is 14.1. The molecule has 0 saturated carbocycles. The highest BCUT2D eigenvalue weighted by Gasteiger charge is 2.16. The monoisotopic (exact) mass is 318 g/mol. The molecule has 114 valence electrons. The number of benzene rings is 1. The van der Waals surface area contributed by atoms with Gasteiger partial charge in [0.05, 0.1) is 19.6 Å². The Kier molecular flexibility index (Phi) is 8.16. The maximum Gasteiger partial charge on any atom is 0.162 e. The lowest BCUT2D eigenvalue weighted by molar-refractivity contribution is 0.354. The van der Waals surface area contributed by atoms with Crippen LogP contribution in [0.15, 0.2) is 12.1 Å². The fourth-order valence-corrected chi connectivity index (χ4v) is 2.87. The van der Waals surface area contributed by atoms with Gasteiger partial charge < -0.3 is 9.47 Å². The Morgan fingerprint density at radius 3 is 2.20 bits per heavy atom. The highest BCUT2D eigenvalue weighted by Crippen LogP contribution is 2.39. The summed E-state index contributed by atoms with van der Waals surface area (Å²) in [5.74, 6) is 1.30. The van der Waals surface area contributed by atoms with Gasteiger partial charge in [0.15, 0.2) is 11.5 Å². The maximum absolute atomic E-state index is 6.47. The summed E-state index contributed by atoms with van der Waals surface area (Å²) < 4.78 is 10.5. The van der Waals surface area contributed by atoms with E-state index in [-0.39, 0.29) is 5.38 Å². The predicted molar refractivity (Wildman–Crippen MR) is 86.5 cm³/mol. The summed E-state index contributed by atoms with van der Waals surface area (Å²) in [7, 11) is 3.21. The minimum Gasteiger partial charge on any atom is -0.493 e. The Balaban J connectivity index is 2.65. The normalized spacial score (nSPS) is 12.2. The highest BCUT2D eigenvalue weighted by molar-refractivity contribution is 6.33. The van der Waals surface area contributed by atoms with Gasteiger partial charge in [0, 0.05) is 11.1 Å². The van der Waals surface area contributed by atoms with Crippen LogP contribution in [0.2, 0.25) is 5.02 Å². The van der Waals surface area contributed by atoms with Crippen LogP contribution in [0.25, 0.3) is 0 Å². The van der Waals surface area contributed by atoms with E-state index in [0.29, 0.717) is 16.5 Å². The van der Waals surface area contributed by atoms with E-state index in [0.717, 1.165) is 18.4 Å². The molecule has 0 aliphatic carbocycles. The van der Waals surface area contributed by atoms with Crippen LogP contribution in [0.4, 0.5) is 0 Å². The van der Waals surface area contributed by atoms with Crippen molar-refractivity contribution in [2.45, 2.75) is 50.8 Å². The van der Waals surface area contributed by atoms with E-state index >= 15 is 0 Å². The highest BCUT2D eigenvalue weighted by atomic mass is 35.5. The fraction of sp³-hybridized carbons (Fsp3) is 0.625. The topological polar surface area (TPSA) is 18.5 Å². The number of halogens is 2. The summed E-state index contributed by atoms with van der Waals surface area (Å²) in [6.45, 7) is 2.22. The zero-order valence-electron chi connectivity index (χ0n) is 12.5. The summed E-state index contributed by atoms with van der Waals surface area (Å²) in [6, 6.07) is 3.65. The molecule has 0 aromatic heterocycles. The molecule has 0 N–H and O–H groups in total. The maximum atomic E-state index is 6.47. The van der Waals surface area contributed by atoms with Crippen molar-refractivity contribution in [3.05, 3.63) is 22.7 Å². The number of hydrogen-bond acceptors (Lipinski definition) is 2. The third kappa shape index (κ3) is 5.06. The zero-order chi connectivity index (χ0) is 15.0. The molecule has 1 rings (SSSR count). The van der Waals surface area contributed by atoms with E-state index in [1.54, 1.807) is 20.3 Å². The van der Waals surface area contributed by atoms with Crippen molar-refractivity contribution in [1.29, 1.82) is 0 Å². The first kappa shape index (κ1) is 17.5. The predicted octanol–water partition coefficient (Wildman–Crippen LogP) is 6.00.